The SMILES string of the molecule is COc1ccc(Cl)cc1C(=O)N1CCC(c2nn(C)c(=O)n2C2CCCC2)CC1. The largest absolute Gasteiger partial charge is 0.496 e. The molecule has 8 heteroatoms. The molecule has 2 aliphatic rings. The molecule has 1 aliphatic heterocycles. The van der Waals surface area contributed by atoms with E-state index in [9.17, 15) is 9.59 Å². The summed E-state index contributed by atoms with van der Waals surface area (Å²) >= 11 is 6.09. The van der Waals surface area contributed by atoms with Crippen LogP contribution in [0, 0.1) is 0 Å². The quantitative estimate of drug-likeness (QED) is 0.763. The first-order valence-electron chi connectivity index (χ1n) is 10.3. The smallest absolute Gasteiger partial charge is 0.345 e. The minimum atomic E-state index is -0.0722. The van der Waals surface area contributed by atoms with E-state index < -0.39 is 0 Å². The standard InChI is InChI=1S/C21H27ClN4O3/c1-24-21(28)26(16-5-3-4-6-16)19(23-24)14-9-11-25(12-10-14)20(27)17-13-15(22)7-8-18(17)29-2/h7-8,13-14,16H,3-6,9-12H2,1-2H3. The Kier molecular flexibility index (Phi) is 5.67. The minimum Gasteiger partial charge on any atom is -0.496 e. The van der Waals surface area contributed by atoms with Crippen LogP contribution in [0.4, 0.5) is 0 Å². The number of carbonyl (C=O) groups excluding carboxylic acids is 1. The molecule has 1 aromatic heterocycles. The fourth-order valence-corrected chi connectivity index (χ4v) is 4.81. The third kappa shape index (κ3) is 3.80. The topological polar surface area (TPSA) is 69.4 Å². The van der Waals surface area contributed by atoms with Crippen LogP contribution >= 0.6 is 11.6 Å². The van der Waals surface area contributed by atoms with Gasteiger partial charge in [0.2, 0.25) is 0 Å². The molecule has 2 fully saturated rings. The van der Waals surface area contributed by atoms with Gasteiger partial charge in [-0.15, -0.1) is 0 Å². The number of halogens is 1. The molecule has 0 N–H and O–H groups in total. The molecule has 0 atom stereocenters. The number of aromatic nitrogens is 3. The summed E-state index contributed by atoms with van der Waals surface area (Å²) in [5, 5.41) is 5.08. The fourth-order valence-electron chi connectivity index (χ4n) is 4.64. The molecule has 2 aromatic rings. The molecular weight excluding hydrogens is 392 g/mol. The van der Waals surface area contributed by atoms with Gasteiger partial charge in [-0.2, -0.15) is 5.10 Å². The summed E-state index contributed by atoms with van der Waals surface area (Å²) in [5.41, 5.74) is 0.466. The molecule has 1 amide bonds. The van der Waals surface area contributed by atoms with Gasteiger partial charge in [-0.05, 0) is 43.9 Å². The van der Waals surface area contributed by atoms with Crippen molar-refractivity contribution in [2.24, 2.45) is 7.05 Å². The van der Waals surface area contributed by atoms with E-state index >= 15 is 0 Å². The van der Waals surface area contributed by atoms with E-state index in [-0.39, 0.29) is 23.6 Å². The normalized spacial score (nSPS) is 18.4. The number of carbonyl (C=O) groups is 1. The Labute approximate surface area is 175 Å². The van der Waals surface area contributed by atoms with Gasteiger partial charge in [-0.1, -0.05) is 24.4 Å². The summed E-state index contributed by atoms with van der Waals surface area (Å²) in [6.07, 6.45) is 6.00. The van der Waals surface area contributed by atoms with Crippen molar-refractivity contribution < 1.29 is 9.53 Å². The Morgan fingerprint density at radius 1 is 1.17 bits per heavy atom. The zero-order valence-corrected chi connectivity index (χ0v) is 17.7. The number of hydrogen-bond acceptors (Lipinski definition) is 4. The predicted molar refractivity (Wildman–Crippen MR) is 111 cm³/mol. The van der Waals surface area contributed by atoms with Crippen LogP contribution in [-0.4, -0.2) is 45.4 Å². The molecule has 7 nitrogen and oxygen atoms in total. The summed E-state index contributed by atoms with van der Waals surface area (Å²) in [6.45, 7) is 1.24. The lowest BCUT2D eigenvalue weighted by molar-refractivity contribution is 0.0706. The average Bonchev–Trinajstić information content (AvgIpc) is 3.36. The van der Waals surface area contributed by atoms with Crippen LogP contribution in [-0.2, 0) is 7.05 Å². The number of methoxy groups -OCH3 is 1. The van der Waals surface area contributed by atoms with E-state index in [1.54, 1.807) is 32.4 Å². The molecule has 4 rings (SSSR count). The molecule has 1 saturated carbocycles. The molecule has 2 heterocycles. The molecule has 29 heavy (non-hydrogen) atoms. The molecule has 1 aliphatic carbocycles. The number of nitrogens with zero attached hydrogens (tertiary/aromatic N) is 4. The number of amides is 1. The lowest BCUT2D eigenvalue weighted by atomic mass is 9.95. The van der Waals surface area contributed by atoms with Crippen molar-refractivity contribution in [1.29, 1.82) is 0 Å². The second-order valence-corrected chi connectivity index (χ2v) is 8.42. The van der Waals surface area contributed by atoms with Gasteiger partial charge < -0.3 is 9.64 Å². The van der Waals surface area contributed by atoms with E-state index in [4.69, 9.17) is 16.3 Å². The van der Waals surface area contributed by atoms with Crippen molar-refractivity contribution in [3.8, 4) is 5.75 Å². The molecule has 0 bridgehead atoms. The average molecular weight is 419 g/mol. The zero-order valence-electron chi connectivity index (χ0n) is 16.9. The summed E-state index contributed by atoms with van der Waals surface area (Å²) < 4.78 is 8.72. The van der Waals surface area contributed by atoms with Crippen LogP contribution in [0.15, 0.2) is 23.0 Å². The monoisotopic (exact) mass is 418 g/mol. The van der Waals surface area contributed by atoms with Gasteiger partial charge in [-0.25, -0.2) is 9.48 Å². The number of likely N-dealkylation sites (tertiary alicyclic amines) is 1. The minimum absolute atomic E-state index is 0.0194. The van der Waals surface area contributed by atoms with Crippen molar-refractivity contribution in [2.75, 3.05) is 20.2 Å². The van der Waals surface area contributed by atoms with Crippen LogP contribution in [0.2, 0.25) is 5.02 Å². The van der Waals surface area contributed by atoms with Gasteiger partial charge in [0.05, 0.1) is 12.7 Å². The Bertz CT molecular complexity index is 953. The Morgan fingerprint density at radius 2 is 1.86 bits per heavy atom. The summed E-state index contributed by atoms with van der Waals surface area (Å²) in [5.74, 6) is 1.53. The van der Waals surface area contributed by atoms with Crippen molar-refractivity contribution in [1.82, 2.24) is 19.2 Å². The van der Waals surface area contributed by atoms with Crippen LogP contribution < -0.4 is 10.4 Å². The summed E-state index contributed by atoms with van der Waals surface area (Å²) in [4.78, 5) is 27.5. The first kappa shape index (κ1) is 20.0. The first-order valence-corrected chi connectivity index (χ1v) is 10.7. The third-order valence-electron chi connectivity index (χ3n) is 6.21. The van der Waals surface area contributed by atoms with Gasteiger partial charge in [0, 0.05) is 37.1 Å². The maximum absolute atomic E-state index is 13.0. The van der Waals surface area contributed by atoms with Crippen LogP contribution in [0.25, 0.3) is 0 Å². The predicted octanol–water partition coefficient (Wildman–Crippen LogP) is 3.38. The van der Waals surface area contributed by atoms with Crippen molar-refractivity contribution >= 4 is 17.5 Å². The van der Waals surface area contributed by atoms with Gasteiger partial charge in [-0.3, -0.25) is 9.36 Å². The Balaban J connectivity index is 1.51. The maximum Gasteiger partial charge on any atom is 0.345 e. The fraction of sp³-hybridized carbons (Fsp3) is 0.571. The lowest BCUT2D eigenvalue weighted by Crippen LogP contribution is -2.39. The highest BCUT2D eigenvalue weighted by Crippen LogP contribution is 2.34. The van der Waals surface area contributed by atoms with Gasteiger partial charge >= 0.3 is 5.69 Å². The van der Waals surface area contributed by atoms with E-state index in [0.717, 1.165) is 31.5 Å². The number of benzene rings is 1. The number of rotatable bonds is 4. The molecule has 0 unspecified atom stereocenters. The maximum atomic E-state index is 13.0. The van der Waals surface area contributed by atoms with Crippen molar-refractivity contribution in [3.05, 3.63) is 45.1 Å². The van der Waals surface area contributed by atoms with Gasteiger partial charge in [0.25, 0.3) is 5.91 Å². The summed E-state index contributed by atoms with van der Waals surface area (Å²) in [7, 11) is 3.27. The third-order valence-corrected chi connectivity index (χ3v) is 6.45. The second-order valence-electron chi connectivity index (χ2n) is 7.98. The van der Waals surface area contributed by atoms with E-state index in [0.29, 0.717) is 29.4 Å². The number of ether oxygens (including phenoxy) is 1. The highest BCUT2D eigenvalue weighted by Gasteiger charge is 2.32. The van der Waals surface area contributed by atoms with Gasteiger partial charge in [0.1, 0.15) is 11.6 Å². The molecule has 0 radical (unpaired) electrons. The molecular formula is C21H27ClN4O3. The van der Waals surface area contributed by atoms with Crippen molar-refractivity contribution in [3.63, 3.8) is 0 Å². The van der Waals surface area contributed by atoms with E-state index in [1.807, 2.05) is 9.47 Å². The van der Waals surface area contributed by atoms with Crippen molar-refractivity contribution in [2.45, 2.75) is 50.5 Å². The van der Waals surface area contributed by atoms with Gasteiger partial charge in [0.15, 0.2) is 0 Å². The molecule has 1 aromatic carbocycles. The molecule has 156 valence electrons. The van der Waals surface area contributed by atoms with Crippen LogP contribution in [0.3, 0.4) is 0 Å². The van der Waals surface area contributed by atoms with Crippen LogP contribution in [0.1, 0.15) is 66.7 Å². The molecule has 0 spiro atoms. The van der Waals surface area contributed by atoms with Crippen LogP contribution in [0.5, 0.6) is 5.75 Å². The lowest BCUT2D eigenvalue weighted by Gasteiger charge is -2.32. The second kappa shape index (κ2) is 8.22. The van der Waals surface area contributed by atoms with E-state index in [1.165, 1.54) is 17.5 Å². The number of aryl methyl sites for hydroxylation is 1. The van der Waals surface area contributed by atoms with E-state index in [2.05, 4.69) is 5.10 Å². The summed E-state index contributed by atoms with van der Waals surface area (Å²) in [6, 6.07) is 5.36. The number of piperidine rings is 1. The Morgan fingerprint density at radius 3 is 2.52 bits per heavy atom. The first-order chi connectivity index (χ1) is 14.0. The highest BCUT2D eigenvalue weighted by molar-refractivity contribution is 6.31. The number of hydrogen-bond donors (Lipinski definition) is 0. The Hall–Kier alpha value is -2.28. The zero-order chi connectivity index (χ0) is 20.5. The highest BCUT2D eigenvalue weighted by atomic mass is 35.5. The molecule has 1 saturated heterocycles.